The number of carbonyl (C=O) groups is 2. The van der Waals surface area contributed by atoms with Gasteiger partial charge in [-0.05, 0) is 50.1 Å². The van der Waals surface area contributed by atoms with Crippen LogP contribution in [0.25, 0.3) is 0 Å². The maximum absolute atomic E-state index is 14.0. The summed E-state index contributed by atoms with van der Waals surface area (Å²) in [4.78, 5) is 28.4. The number of benzene rings is 3. The first-order chi connectivity index (χ1) is 18.7. The molecule has 1 N–H and O–H groups in total. The molecule has 0 fully saturated rings. The van der Waals surface area contributed by atoms with Crippen molar-refractivity contribution in [1.29, 1.82) is 0 Å². The van der Waals surface area contributed by atoms with E-state index in [1.54, 1.807) is 49.4 Å². The second kappa shape index (κ2) is 13.8. The van der Waals surface area contributed by atoms with Crippen LogP contribution >= 0.6 is 0 Å². The molecule has 3 aromatic rings. The van der Waals surface area contributed by atoms with E-state index in [4.69, 9.17) is 4.74 Å². The lowest BCUT2D eigenvalue weighted by Crippen LogP contribution is -2.51. The molecule has 0 heterocycles. The molecule has 0 aliphatic carbocycles. The summed E-state index contributed by atoms with van der Waals surface area (Å²) in [5.74, 6) is -0.502. The first-order valence-corrected chi connectivity index (χ1v) is 14.5. The number of hydrogen-bond acceptors (Lipinski definition) is 5. The van der Waals surface area contributed by atoms with Gasteiger partial charge in [0.15, 0.2) is 0 Å². The Hall–Kier alpha value is -3.85. The maximum atomic E-state index is 14.0. The molecule has 8 nitrogen and oxygen atoms in total. The van der Waals surface area contributed by atoms with E-state index in [0.29, 0.717) is 12.3 Å². The third-order valence-electron chi connectivity index (χ3n) is 6.43. The van der Waals surface area contributed by atoms with E-state index in [2.05, 4.69) is 5.32 Å². The molecule has 0 saturated heterocycles. The fourth-order valence-electron chi connectivity index (χ4n) is 4.08. The van der Waals surface area contributed by atoms with Crippen LogP contribution in [0.1, 0.15) is 37.8 Å². The number of unbranched alkanes of at least 4 members (excludes halogenated alkanes) is 1. The summed E-state index contributed by atoms with van der Waals surface area (Å²) in [5.41, 5.74) is 2.13. The van der Waals surface area contributed by atoms with Crippen LogP contribution in [0.4, 0.5) is 5.69 Å². The van der Waals surface area contributed by atoms with E-state index >= 15 is 0 Å². The number of sulfonamides is 1. The minimum absolute atomic E-state index is 0.0409. The molecule has 208 valence electrons. The lowest BCUT2D eigenvalue weighted by molar-refractivity contribution is -0.139. The lowest BCUT2D eigenvalue weighted by Gasteiger charge is -2.32. The number of hydrogen-bond donors (Lipinski definition) is 1. The van der Waals surface area contributed by atoms with E-state index < -0.39 is 28.5 Å². The Balaban J connectivity index is 2.02. The number of methoxy groups -OCH3 is 1. The van der Waals surface area contributed by atoms with Crippen molar-refractivity contribution in [3.63, 3.8) is 0 Å². The maximum Gasteiger partial charge on any atom is 0.264 e. The van der Waals surface area contributed by atoms with Crippen LogP contribution in [0.2, 0.25) is 0 Å². The highest BCUT2D eigenvalue weighted by molar-refractivity contribution is 7.92. The van der Waals surface area contributed by atoms with Gasteiger partial charge in [-0.2, -0.15) is 0 Å². The van der Waals surface area contributed by atoms with Crippen molar-refractivity contribution in [1.82, 2.24) is 10.2 Å². The SMILES string of the molecule is CCCCNC(=O)[C@@H](C)N(Cc1ccc(C)cc1)C(=O)CN(c1ccccc1OC)S(=O)(=O)c1ccccc1. The molecule has 9 heteroatoms. The van der Waals surface area contributed by atoms with E-state index in [1.165, 1.54) is 24.1 Å². The van der Waals surface area contributed by atoms with Gasteiger partial charge in [0.25, 0.3) is 10.0 Å². The second-order valence-electron chi connectivity index (χ2n) is 9.32. The predicted octanol–water partition coefficient (Wildman–Crippen LogP) is 4.53. The summed E-state index contributed by atoms with van der Waals surface area (Å²) in [6.45, 7) is 5.79. The van der Waals surface area contributed by atoms with Crippen molar-refractivity contribution in [3.8, 4) is 5.75 Å². The number of carbonyl (C=O) groups excluding carboxylic acids is 2. The van der Waals surface area contributed by atoms with Crippen molar-refractivity contribution < 1.29 is 22.7 Å². The van der Waals surface area contributed by atoms with Gasteiger partial charge >= 0.3 is 0 Å². The standard InChI is InChI=1S/C30H37N3O5S/c1-5-6-20-31-30(35)24(3)32(21-25-18-16-23(2)17-19-25)29(34)22-33(27-14-10-11-15-28(27)38-4)39(36,37)26-12-8-7-9-13-26/h7-19,24H,5-6,20-22H2,1-4H3,(H,31,35)/t24-/m1/s1. The third-order valence-corrected chi connectivity index (χ3v) is 8.21. The smallest absolute Gasteiger partial charge is 0.264 e. The van der Waals surface area contributed by atoms with Crippen LogP contribution in [0.15, 0.2) is 83.8 Å². The van der Waals surface area contributed by atoms with Crippen LogP contribution in [0, 0.1) is 6.92 Å². The summed E-state index contributed by atoms with van der Waals surface area (Å²) < 4.78 is 34.2. The lowest BCUT2D eigenvalue weighted by atomic mass is 10.1. The Morgan fingerprint density at radius 3 is 2.23 bits per heavy atom. The Labute approximate surface area is 231 Å². The molecule has 2 amide bonds. The van der Waals surface area contributed by atoms with Gasteiger partial charge in [0.2, 0.25) is 11.8 Å². The zero-order valence-electron chi connectivity index (χ0n) is 23.0. The van der Waals surface area contributed by atoms with Gasteiger partial charge in [-0.25, -0.2) is 8.42 Å². The Kier molecular flexibility index (Phi) is 10.5. The normalized spacial score (nSPS) is 11.9. The van der Waals surface area contributed by atoms with E-state index in [9.17, 15) is 18.0 Å². The number of amides is 2. The van der Waals surface area contributed by atoms with Gasteiger partial charge in [0, 0.05) is 13.1 Å². The number of rotatable bonds is 13. The first kappa shape index (κ1) is 29.7. The largest absolute Gasteiger partial charge is 0.495 e. The van der Waals surface area contributed by atoms with Crippen molar-refractivity contribution in [3.05, 3.63) is 90.0 Å². The topological polar surface area (TPSA) is 96.0 Å². The molecule has 0 radical (unpaired) electrons. The van der Waals surface area contributed by atoms with Gasteiger partial charge in [-0.3, -0.25) is 13.9 Å². The number of anilines is 1. The fourth-order valence-corrected chi connectivity index (χ4v) is 5.52. The molecule has 3 aromatic carbocycles. The minimum Gasteiger partial charge on any atom is -0.495 e. The van der Waals surface area contributed by atoms with Gasteiger partial charge in [0.1, 0.15) is 18.3 Å². The Morgan fingerprint density at radius 1 is 0.949 bits per heavy atom. The van der Waals surface area contributed by atoms with Gasteiger partial charge in [-0.15, -0.1) is 0 Å². The number of para-hydroxylation sites is 2. The molecule has 0 bridgehead atoms. The first-order valence-electron chi connectivity index (χ1n) is 13.0. The molecule has 0 unspecified atom stereocenters. The number of nitrogens with one attached hydrogen (secondary N) is 1. The molecule has 3 rings (SSSR count). The van der Waals surface area contributed by atoms with Crippen LogP contribution in [-0.2, 0) is 26.2 Å². The Morgan fingerprint density at radius 2 is 1.59 bits per heavy atom. The highest BCUT2D eigenvalue weighted by atomic mass is 32.2. The van der Waals surface area contributed by atoms with Crippen LogP contribution in [0.5, 0.6) is 5.75 Å². The number of aryl methyl sites for hydroxylation is 1. The monoisotopic (exact) mass is 551 g/mol. The summed E-state index contributed by atoms with van der Waals surface area (Å²) >= 11 is 0. The minimum atomic E-state index is -4.15. The van der Waals surface area contributed by atoms with Gasteiger partial charge < -0.3 is 15.0 Å². The quantitative estimate of drug-likeness (QED) is 0.315. The molecule has 0 aromatic heterocycles. The highest BCUT2D eigenvalue weighted by Crippen LogP contribution is 2.32. The second-order valence-corrected chi connectivity index (χ2v) is 11.2. The molecule has 0 spiro atoms. The zero-order chi connectivity index (χ0) is 28.4. The fraction of sp³-hybridized carbons (Fsp3) is 0.333. The summed E-state index contributed by atoms with van der Waals surface area (Å²) in [6.07, 6.45) is 1.74. The molecule has 0 saturated carbocycles. The molecule has 39 heavy (non-hydrogen) atoms. The van der Waals surface area contributed by atoms with E-state index in [1.807, 2.05) is 38.1 Å². The van der Waals surface area contributed by atoms with Crippen LogP contribution in [0.3, 0.4) is 0 Å². The number of ether oxygens (including phenoxy) is 1. The third kappa shape index (κ3) is 7.60. The average Bonchev–Trinajstić information content (AvgIpc) is 2.95. The summed E-state index contributed by atoms with van der Waals surface area (Å²) in [6, 6.07) is 21.4. The van der Waals surface area contributed by atoms with Crippen molar-refractivity contribution in [2.24, 2.45) is 0 Å². The zero-order valence-corrected chi connectivity index (χ0v) is 23.8. The molecule has 0 aliphatic heterocycles. The molecule has 1 atom stereocenters. The van der Waals surface area contributed by atoms with Crippen molar-refractivity contribution in [2.45, 2.75) is 51.1 Å². The summed E-state index contributed by atoms with van der Waals surface area (Å²) in [7, 11) is -2.71. The molecule has 0 aliphatic rings. The molecular formula is C30H37N3O5S. The average molecular weight is 552 g/mol. The predicted molar refractivity (Wildman–Crippen MR) is 153 cm³/mol. The van der Waals surface area contributed by atoms with Crippen LogP contribution < -0.4 is 14.4 Å². The van der Waals surface area contributed by atoms with E-state index in [-0.39, 0.29) is 23.0 Å². The number of nitrogens with zero attached hydrogens (tertiary/aromatic N) is 2. The summed E-state index contributed by atoms with van der Waals surface area (Å²) in [5, 5.41) is 2.89. The van der Waals surface area contributed by atoms with Gasteiger partial charge in [0.05, 0.1) is 17.7 Å². The van der Waals surface area contributed by atoms with Crippen LogP contribution in [-0.4, -0.2) is 51.4 Å². The van der Waals surface area contributed by atoms with E-state index in [0.717, 1.165) is 28.3 Å². The van der Waals surface area contributed by atoms with Crippen molar-refractivity contribution >= 4 is 27.5 Å². The van der Waals surface area contributed by atoms with Crippen molar-refractivity contribution in [2.75, 3.05) is 24.5 Å². The molecular weight excluding hydrogens is 514 g/mol. The highest BCUT2D eigenvalue weighted by Gasteiger charge is 2.33. The van der Waals surface area contributed by atoms with Gasteiger partial charge in [-0.1, -0.05) is 73.5 Å². The Bertz CT molecular complexity index is 1340.